The smallest absolute Gasteiger partial charge is 0.317 e. The molecule has 3 N–H and O–H groups in total. The Morgan fingerprint density at radius 1 is 1.17 bits per heavy atom. The van der Waals surface area contributed by atoms with Gasteiger partial charge in [-0.25, -0.2) is 4.79 Å². The van der Waals surface area contributed by atoms with Crippen LogP contribution in [0.5, 0.6) is 0 Å². The third-order valence-corrected chi connectivity index (χ3v) is 5.58. The van der Waals surface area contributed by atoms with Gasteiger partial charge in [0.1, 0.15) is 0 Å². The van der Waals surface area contributed by atoms with E-state index >= 15 is 0 Å². The van der Waals surface area contributed by atoms with Gasteiger partial charge in [-0.05, 0) is 24.1 Å². The molecule has 7 heteroatoms. The highest BCUT2D eigenvalue weighted by atomic mass is 32.2. The average Bonchev–Trinajstić information content (AvgIpc) is 3.11. The molecule has 2 saturated heterocycles. The van der Waals surface area contributed by atoms with Crippen molar-refractivity contribution in [1.82, 2.24) is 10.2 Å². The van der Waals surface area contributed by atoms with Crippen molar-refractivity contribution in [3.05, 3.63) is 29.8 Å². The van der Waals surface area contributed by atoms with Crippen LogP contribution in [0.15, 0.2) is 24.3 Å². The number of benzene rings is 1. The van der Waals surface area contributed by atoms with Gasteiger partial charge in [-0.3, -0.25) is 4.79 Å². The predicted molar refractivity (Wildman–Crippen MR) is 97.1 cm³/mol. The average molecular weight is 348 g/mol. The van der Waals surface area contributed by atoms with Gasteiger partial charge in [0.2, 0.25) is 5.91 Å². The summed E-state index contributed by atoms with van der Waals surface area (Å²) < 4.78 is 0. The van der Waals surface area contributed by atoms with Gasteiger partial charge in [-0.15, -0.1) is 0 Å². The topological polar surface area (TPSA) is 78.7 Å². The van der Waals surface area contributed by atoms with Gasteiger partial charge in [0, 0.05) is 49.9 Å². The third kappa shape index (κ3) is 4.14. The van der Waals surface area contributed by atoms with Crippen molar-refractivity contribution < 1.29 is 9.59 Å². The summed E-state index contributed by atoms with van der Waals surface area (Å²) in [5.41, 5.74) is 7.62. The summed E-state index contributed by atoms with van der Waals surface area (Å²) in [6, 6.07) is 8.24. The largest absolute Gasteiger partial charge is 0.370 e. The first kappa shape index (κ1) is 17.0. The normalized spacial score (nSPS) is 20.9. The van der Waals surface area contributed by atoms with E-state index in [2.05, 4.69) is 34.5 Å². The van der Waals surface area contributed by atoms with Crippen LogP contribution < -0.4 is 16.0 Å². The maximum absolute atomic E-state index is 12.2. The van der Waals surface area contributed by atoms with Crippen molar-refractivity contribution in [2.24, 2.45) is 11.7 Å². The highest BCUT2D eigenvalue weighted by Gasteiger charge is 2.29. The van der Waals surface area contributed by atoms with Crippen LogP contribution in [0.2, 0.25) is 0 Å². The Morgan fingerprint density at radius 2 is 1.88 bits per heavy atom. The van der Waals surface area contributed by atoms with E-state index in [4.69, 9.17) is 5.73 Å². The van der Waals surface area contributed by atoms with Crippen LogP contribution in [0.25, 0.3) is 0 Å². The number of rotatable bonds is 4. The highest BCUT2D eigenvalue weighted by molar-refractivity contribution is 7.99. The number of amides is 3. The number of primary amides is 1. The van der Waals surface area contributed by atoms with Crippen molar-refractivity contribution in [1.29, 1.82) is 0 Å². The molecule has 0 aliphatic carbocycles. The molecule has 0 saturated carbocycles. The summed E-state index contributed by atoms with van der Waals surface area (Å²) in [6.45, 7) is 3.69. The lowest BCUT2D eigenvalue weighted by atomic mass is 10.1. The summed E-state index contributed by atoms with van der Waals surface area (Å²) in [5.74, 6) is 1.83. The number of likely N-dealkylation sites (tertiary alicyclic amines) is 1. The molecule has 2 heterocycles. The van der Waals surface area contributed by atoms with Gasteiger partial charge in [-0.1, -0.05) is 12.1 Å². The molecule has 3 rings (SSSR count). The highest BCUT2D eigenvalue weighted by Crippen LogP contribution is 2.20. The minimum absolute atomic E-state index is 0.129. The molecule has 24 heavy (non-hydrogen) atoms. The SMILES string of the molecule is NC(=O)[C@H]1CCN(C(=O)NCc2ccc(N3CCSCC3)cc2)C1. The van der Waals surface area contributed by atoms with Crippen LogP contribution in [0.1, 0.15) is 12.0 Å². The minimum Gasteiger partial charge on any atom is -0.370 e. The maximum atomic E-state index is 12.2. The van der Waals surface area contributed by atoms with Crippen LogP contribution in [0.4, 0.5) is 10.5 Å². The van der Waals surface area contributed by atoms with Crippen molar-refractivity contribution in [3.8, 4) is 0 Å². The molecule has 0 radical (unpaired) electrons. The second kappa shape index (κ2) is 7.79. The van der Waals surface area contributed by atoms with Gasteiger partial charge in [0.15, 0.2) is 0 Å². The summed E-state index contributed by atoms with van der Waals surface area (Å²) in [5, 5.41) is 2.92. The molecular formula is C17H24N4O2S. The molecule has 0 aromatic heterocycles. The lowest BCUT2D eigenvalue weighted by molar-refractivity contribution is -0.121. The Kier molecular flexibility index (Phi) is 5.50. The van der Waals surface area contributed by atoms with E-state index in [-0.39, 0.29) is 17.9 Å². The number of hydrogen-bond acceptors (Lipinski definition) is 4. The number of nitrogens with zero attached hydrogens (tertiary/aromatic N) is 2. The van der Waals surface area contributed by atoms with Crippen LogP contribution in [-0.4, -0.2) is 54.5 Å². The Hall–Kier alpha value is -1.89. The number of thioether (sulfide) groups is 1. The summed E-state index contributed by atoms with van der Waals surface area (Å²) in [6.07, 6.45) is 0.658. The fraction of sp³-hybridized carbons (Fsp3) is 0.529. The monoisotopic (exact) mass is 348 g/mol. The Labute approximate surface area is 146 Å². The summed E-state index contributed by atoms with van der Waals surface area (Å²) >= 11 is 2.00. The summed E-state index contributed by atoms with van der Waals surface area (Å²) in [4.78, 5) is 27.4. The second-order valence-electron chi connectivity index (χ2n) is 6.26. The fourth-order valence-electron chi connectivity index (χ4n) is 3.11. The molecule has 1 atom stereocenters. The van der Waals surface area contributed by atoms with E-state index in [0.717, 1.165) is 18.7 Å². The van der Waals surface area contributed by atoms with E-state index < -0.39 is 0 Å². The number of anilines is 1. The number of hydrogen-bond donors (Lipinski definition) is 2. The van der Waals surface area contributed by atoms with E-state index in [9.17, 15) is 9.59 Å². The molecule has 0 spiro atoms. The molecule has 130 valence electrons. The molecule has 2 aliphatic heterocycles. The van der Waals surface area contributed by atoms with E-state index in [1.54, 1.807) is 4.90 Å². The molecule has 2 fully saturated rings. The van der Waals surface area contributed by atoms with E-state index in [0.29, 0.717) is 26.1 Å². The van der Waals surface area contributed by atoms with Crippen molar-refractivity contribution >= 4 is 29.4 Å². The minimum atomic E-state index is -0.322. The van der Waals surface area contributed by atoms with Gasteiger partial charge in [0.05, 0.1) is 5.92 Å². The molecule has 0 bridgehead atoms. The van der Waals surface area contributed by atoms with E-state index in [1.807, 2.05) is 11.8 Å². The summed E-state index contributed by atoms with van der Waals surface area (Å²) in [7, 11) is 0. The Morgan fingerprint density at radius 3 is 2.50 bits per heavy atom. The molecule has 1 aromatic rings. The van der Waals surface area contributed by atoms with Crippen LogP contribution in [0, 0.1) is 5.92 Å². The second-order valence-corrected chi connectivity index (χ2v) is 7.48. The first-order chi connectivity index (χ1) is 11.6. The number of carbonyl (C=O) groups is 2. The molecule has 1 aromatic carbocycles. The zero-order valence-electron chi connectivity index (χ0n) is 13.7. The molecule has 3 amide bonds. The van der Waals surface area contributed by atoms with Crippen LogP contribution in [-0.2, 0) is 11.3 Å². The molecule has 6 nitrogen and oxygen atoms in total. The third-order valence-electron chi connectivity index (χ3n) is 4.63. The molecule has 0 unspecified atom stereocenters. The van der Waals surface area contributed by atoms with E-state index in [1.165, 1.54) is 17.2 Å². The zero-order chi connectivity index (χ0) is 16.9. The quantitative estimate of drug-likeness (QED) is 0.859. The van der Waals surface area contributed by atoms with Crippen molar-refractivity contribution in [2.45, 2.75) is 13.0 Å². The Balaban J connectivity index is 1.48. The fourth-order valence-corrected chi connectivity index (χ4v) is 4.02. The molecular weight excluding hydrogens is 324 g/mol. The number of urea groups is 1. The van der Waals surface area contributed by atoms with Crippen LogP contribution in [0.3, 0.4) is 0 Å². The van der Waals surface area contributed by atoms with Crippen molar-refractivity contribution in [3.63, 3.8) is 0 Å². The first-order valence-corrected chi connectivity index (χ1v) is 9.52. The number of carbonyl (C=O) groups excluding carboxylic acids is 2. The number of nitrogens with one attached hydrogen (secondary N) is 1. The van der Waals surface area contributed by atoms with Gasteiger partial charge >= 0.3 is 6.03 Å². The number of nitrogens with two attached hydrogens (primary N) is 1. The lowest BCUT2D eigenvalue weighted by Gasteiger charge is -2.28. The maximum Gasteiger partial charge on any atom is 0.317 e. The van der Waals surface area contributed by atoms with Gasteiger partial charge in [-0.2, -0.15) is 11.8 Å². The Bertz CT molecular complexity index is 587. The van der Waals surface area contributed by atoms with Crippen LogP contribution >= 0.6 is 11.8 Å². The van der Waals surface area contributed by atoms with Gasteiger partial charge in [0.25, 0.3) is 0 Å². The predicted octanol–water partition coefficient (Wildman–Crippen LogP) is 1.26. The van der Waals surface area contributed by atoms with Gasteiger partial charge < -0.3 is 20.9 Å². The lowest BCUT2D eigenvalue weighted by Crippen LogP contribution is -2.39. The standard InChI is InChI=1S/C17H24N4O2S/c18-16(22)14-5-6-21(12-14)17(23)19-11-13-1-3-15(4-2-13)20-7-9-24-10-8-20/h1-4,14H,5-12H2,(H2,18,22)(H,19,23)/t14-/m0/s1. The first-order valence-electron chi connectivity index (χ1n) is 8.37. The van der Waals surface area contributed by atoms with Crippen molar-refractivity contribution in [2.75, 3.05) is 42.6 Å². The molecule has 2 aliphatic rings. The zero-order valence-corrected chi connectivity index (χ0v) is 14.6.